The third kappa shape index (κ3) is 3.61. The third-order valence-corrected chi connectivity index (χ3v) is 7.45. The minimum Gasteiger partial charge on any atom is -0.365 e. The molecular formula is C29H39N. The summed E-state index contributed by atoms with van der Waals surface area (Å²) in [6, 6.07) is 15.9. The molecule has 1 aliphatic heterocycles. The fourth-order valence-electron chi connectivity index (χ4n) is 5.99. The molecule has 160 valence electrons. The summed E-state index contributed by atoms with van der Waals surface area (Å²) in [5.74, 6) is 1.17. The quantitative estimate of drug-likeness (QED) is 0.504. The van der Waals surface area contributed by atoms with E-state index in [1.54, 1.807) is 16.8 Å². The summed E-state index contributed by atoms with van der Waals surface area (Å²) >= 11 is 0. The number of benzene rings is 2. The van der Waals surface area contributed by atoms with E-state index in [0.29, 0.717) is 11.8 Å². The van der Waals surface area contributed by atoms with Crippen LogP contribution in [0.3, 0.4) is 0 Å². The summed E-state index contributed by atoms with van der Waals surface area (Å²) < 4.78 is 0. The molecule has 1 fully saturated rings. The fourth-order valence-corrected chi connectivity index (χ4v) is 5.99. The first-order valence-corrected chi connectivity index (χ1v) is 11.8. The molecule has 0 saturated carbocycles. The lowest BCUT2D eigenvalue weighted by Gasteiger charge is -2.41. The number of hydrogen-bond acceptors (Lipinski definition) is 1. The maximum Gasteiger partial charge on any atom is 0.0397 e. The van der Waals surface area contributed by atoms with E-state index in [0.717, 1.165) is 6.54 Å². The van der Waals surface area contributed by atoms with Gasteiger partial charge >= 0.3 is 0 Å². The van der Waals surface area contributed by atoms with Gasteiger partial charge in [0.2, 0.25) is 0 Å². The van der Waals surface area contributed by atoms with E-state index in [-0.39, 0.29) is 11.0 Å². The molecule has 2 aromatic carbocycles. The normalized spacial score (nSPS) is 24.3. The Morgan fingerprint density at radius 1 is 0.867 bits per heavy atom. The smallest absolute Gasteiger partial charge is 0.0397 e. The Morgan fingerprint density at radius 2 is 1.57 bits per heavy atom. The van der Waals surface area contributed by atoms with Gasteiger partial charge < -0.3 is 4.90 Å². The second kappa shape index (κ2) is 7.59. The van der Waals surface area contributed by atoms with Crippen LogP contribution >= 0.6 is 0 Å². The highest BCUT2D eigenvalue weighted by Crippen LogP contribution is 2.49. The molecule has 0 N–H and O–H groups in total. The SMILES string of the molecule is CC(C)C1=CCCC(C(C)C)=C1N1CC(C)(c2ccc3ccccc3c2)CC1(C)C. The molecule has 0 bridgehead atoms. The van der Waals surface area contributed by atoms with Crippen molar-refractivity contribution in [2.45, 2.75) is 78.7 Å². The van der Waals surface area contributed by atoms with E-state index < -0.39 is 0 Å². The molecule has 1 nitrogen and oxygen atoms in total. The Labute approximate surface area is 183 Å². The highest BCUT2D eigenvalue weighted by Gasteiger charge is 2.48. The average Bonchev–Trinajstić information content (AvgIpc) is 2.96. The molecular weight excluding hydrogens is 362 g/mol. The van der Waals surface area contributed by atoms with E-state index in [9.17, 15) is 0 Å². The topological polar surface area (TPSA) is 3.24 Å². The maximum absolute atomic E-state index is 2.78. The van der Waals surface area contributed by atoms with Gasteiger partial charge in [0.1, 0.15) is 0 Å². The molecule has 1 saturated heterocycles. The summed E-state index contributed by atoms with van der Waals surface area (Å²) in [6.07, 6.45) is 6.11. The molecule has 2 aliphatic rings. The lowest BCUT2D eigenvalue weighted by atomic mass is 9.77. The fraction of sp³-hybridized carbons (Fsp3) is 0.517. The largest absolute Gasteiger partial charge is 0.365 e. The monoisotopic (exact) mass is 401 g/mol. The minimum absolute atomic E-state index is 0.140. The van der Waals surface area contributed by atoms with Crippen LogP contribution in [-0.4, -0.2) is 17.0 Å². The third-order valence-electron chi connectivity index (χ3n) is 7.45. The highest BCUT2D eigenvalue weighted by atomic mass is 15.2. The first-order valence-electron chi connectivity index (χ1n) is 11.8. The number of hydrogen-bond donors (Lipinski definition) is 0. The number of rotatable bonds is 4. The zero-order valence-corrected chi connectivity index (χ0v) is 20.0. The molecule has 30 heavy (non-hydrogen) atoms. The summed E-state index contributed by atoms with van der Waals surface area (Å²) in [4.78, 5) is 2.78. The van der Waals surface area contributed by atoms with Gasteiger partial charge in [-0.2, -0.15) is 0 Å². The summed E-state index contributed by atoms with van der Waals surface area (Å²) in [5, 5.41) is 2.69. The number of allylic oxidation sites excluding steroid dienone is 3. The van der Waals surface area contributed by atoms with Gasteiger partial charge in [-0.1, -0.05) is 83.2 Å². The Kier molecular flexibility index (Phi) is 5.37. The van der Waals surface area contributed by atoms with Crippen molar-refractivity contribution in [1.29, 1.82) is 0 Å². The minimum atomic E-state index is 0.140. The standard InChI is InChI=1S/C29H39N/c1-20(2)25-13-10-14-26(21(3)4)27(25)30-19-29(7,18-28(30,5)6)24-16-15-22-11-8-9-12-23(22)17-24/h8-9,11-13,15-17,20-21H,10,14,18-19H2,1-7H3. The van der Waals surface area contributed by atoms with E-state index in [2.05, 4.69) is 102 Å². The molecule has 1 heterocycles. The molecule has 0 radical (unpaired) electrons. The number of fused-ring (bicyclic) bond motifs is 1. The second-order valence-electron chi connectivity index (χ2n) is 11.1. The lowest BCUT2D eigenvalue weighted by Crippen LogP contribution is -2.40. The molecule has 0 aromatic heterocycles. The van der Waals surface area contributed by atoms with Crippen LogP contribution in [0.2, 0.25) is 0 Å². The Balaban J connectivity index is 1.79. The molecule has 1 unspecified atom stereocenters. The highest BCUT2D eigenvalue weighted by molar-refractivity contribution is 5.83. The van der Waals surface area contributed by atoms with Crippen molar-refractivity contribution in [1.82, 2.24) is 4.90 Å². The zero-order valence-electron chi connectivity index (χ0n) is 20.0. The van der Waals surface area contributed by atoms with Crippen LogP contribution in [0.5, 0.6) is 0 Å². The van der Waals surface area contributed by atoms with E-state index >= 15 is 0 Å². The lowest BCUT2D eigenvalue weighted by molar-refractivity contribution is 0.222. The van der Waals surface area contributed by atoms with Gasteiger partial charge in [0, 0.05) is 23.2 Å². The van der Waals surface area contributed by atoms with Gasteiger partial charge in [-0.05, 0) is 72.4 Å². The van der Waals surface area contributed by atoms with Crippen molar-refractivity contribution in [3.63, 3.8) is 0 Å². The van der Waals surface area contributed by atoms with Crippen LogP contribution in [0.15, 0.2) is 65.4 Å². The van der Waals surface area contributed by atoms with Crippen LogP contribution in [0.1, 0.15) is 73.3 Å². The van der Waals surface area contributed by atoms with Crippen LogP contribution in [0, 0.1) is 11.8 Å². The first kappa shape index (κ1) is 21.2. The first-order chi connectivity index (χ1) is 14.1. The summed E-state index contributed by atoms with van der Waals surface area (Å²) in [6.45, 7) is 18.0. The van der Waals surface area contributed by atoms with Gasteiger partial charge in [-0.25, -0.2) is 0 Å². The van der Waals surface area contributed by atoms with E-state index in [1.807, 2.05) is 0 Å². The van der Waals surface area contributed by atoms with Gasteiger partial charge in [0.05, 0.1) is 0 Å². The van der Waals surface area contributed by atoms with Crippen molar-refractivity contribution < 1.29 is 0 Å². The van der Waals surface area contributed by atoms with Gasteiger partial charge in [0.15, 0.2) is 0 Å². The van der Waals surface area contributed by atoms with Crippen molar-refractivity contribution in [2.75, 3.05) is 6.54 Å². The van der Waals surface area contributed by atoms with Crippen LogP contribution < -0.4 is 0 Å². The molecule has 4 rings (SSSR count). The van der Waals surface area contributed by atoms with Crippen molar-refractivity contribution in [3.05, 3.63) is 70.9 Å². The Bertz CT molecular complexity index is 1000. The summed E-state index contributed by atoms with van der Waals surface area (Å²) in [5.41, 5.74) is 6.58. The Hall–Kier alpha value is -2.02. The number of nitrogens with zero attached hydrogens (tertiary/aromatic N) is 1. The predicted molar refractivity (Wildman–Crippen MR) is 131 cm³/mol. The van der Waals surface area contributed by atoms with Crippen LogP contribution in [-0.2, 0) is 5.41 Å². The van der Waals surface area contributed by atoms with Crippen molar-refractivity contribution in [3.8, 4) is 0 Å². The molecule has 1 heteroatoms. The van der Waals surface area contributed by atoms with Crippen LogP contribution in [0.4, 0.5) is 0 Å². The van der Waals surface area contributed by atoms with E-state index in [1.165, 1.54) is 35.6 Å². The average molecular weight is 402 g/mol. The van der Waals surface area contributed by atoms with Crippen LogP contribution in [0.25, 0.3) is 10.8 Å². The summed E-state index contributed by atoms with van der Waals surface area (Å²) in [7, 11) is 0. The Morgan fingerprint density at radius 3 is 2.23 bits per heavy atom. The predicted octanol–water partition coefficient (Wildman–Crippen LogP) is 7.87. The van der Waals surface area contributed by atoms with E-state index in [4.69, 9.17) is 0 Å². The van der Waals surface area contributed by atoms with Crippen molar-refractivity contribution >= 4 is 10.8 Å². The van der Waals surface area contributed by atoms with Crippen molar-refractivity contribution in [2.24, 2.45) is 11.8 Å². The molecule has 1 atom stereocenters. The number of likely N-dealkylation sites (tertiary alicyclic amines) is 1. The molecule has 1 aliphatic carbocycles. The van der Waals surface area contributed by atoms with Gasteiger partial charge in [0.25, 0.3) is 0 Å². The molecule has 0 spiro atoms. The van der Waals surface area contributed by atoms with Gasteiger partial charge in [-0.15, -0.1) is 0 Å². The maximum atomic E-state index is 2.78. The molecule has 2 aromatic rings. The second-order valence-corrected chi connectivity index (χ2v) is 11.1. The van der Waals surface area contributed by atoms with Gasteiger partial charge in [-0.3, -0.25) is 0 Å². The zero-order chi connectivity index (χ0) is 21.7. The molecule has 0 amide bonds.